The van der Waals surface area contributed by atoms with Gasteiger partial charge in [-0.3, -0.25) is 9.20 Å². The van der Waals surface area contributed by atoms with Gasteiger partial charge in [0.1, 0.15) is 22.9 Å². The fourth-order valence-electron chi connectivity index (χ4n) is 4.20. The SMILES string of the molecule is CCCCC(CC)C(=O)Oc1cccc(-c2nc3c(C)cccn3c2NCc2ccccc2)c1. The highest BCUT2D eigenvalue weighted by molar-refractivity contribution is 5.79. The lowest BCUT2D eigenvalue weighted by atomic mass is 10.00. The third-order valence-corrected chi connectivity index (χ3v) is 6.21. The van der Waals surface area contributed by atoms with Gasteiger partial charge in [0.25, 0.3) is 0 Å². The number of anilines is 1. The van der Waals surface area contributed by atoms with Crippen molar-refractivity contribution < 1.29 is 9.53 Å². The van der Waals surface area contributed by atoms with Gasteiger partial charge < -0.3 is 10.1 Å². The lowest BCUT2D eigenvalue weighted by Crippen LogP contribution is -2.20. The number of nitrogens with zero attached hydrogens (tertiary/aromatic N) is 2. The van der Waals surface area contributed by atoms with Crippen LogP contribution in [0.4, 0.5) is 5.82 Å². The number of fused-ring (bicyclic) bond motifs is 1. The van der Waals surface area contributed by atoms with Crippen molar-refractivity contribution >= 4 is 17.4 Å². The Hall–Kier alpha value is -3.60. The molecule has 34 heavy (non-hydrogen) atoms. The number of pyridine rings is 1. The summed E-state index contributed by atoms with van der Waals surface area (Å²) >= 11 is 0. The molecule has 0 radical (unpaired) electrons. The van der Waals surface area contributed by atoms with Gasteiger partial charge in [-0.1, -0.05) is 75.2 Å². The van der Waals surface area contributed by atoms with Crippen molar-refractivity contribution in [2.75, 3.05) is 5.32 Å². The van der Waals surface area contributed by atoms with E-state index < -0.39 is 0 Å². The van der Waals surface area contributed by atoms with Crippen LogP contribution in [0.25, 0.3) is 16.9 Å². The van der Waals surface area contributed by atoms with Crippen molar-refractivity contribution in [1.82, 2.24) is 9.38 Å². The number of nitrogens with one attached hydrogen (secondary N) is 1. The first kappa shape index (κ1) is 23.6. The van der Waals surface area contributed by atoms with Crippen LogP contribution < -0.4 is 10.1 Å². The minimum absolute atomic E-state index is 0.0652. The van der Waals surface area contributed by atoms with Crippen LogP contribution in [0.15, 0.2) is 72.9 Å². The first-order chi connectivity index (χ1) is 16.6. The highest BCUT2D eigenvalue weighted by Gasteiger charge is 2.20. The van der Waals surface area contributed by atoms with Gasteiger partial charge in [0, 0.05) is 18.3 Å². The van der Waals surface area contributed by atoms with Gasteiger partial charge in [-0.25, -0.2) is 4.98 Å². The molecule has 2 heterocycles. The summed E-state index contributed by atoms with van der Waals surface area (Å²) in [5.41, 5.74) is 4.94. The number of aromatic nitrogens is 2. The van der Waals surface area contributed by atoms with Gasteiger partial charge in [-0.15, -0.1) is 0 Å². The number of hydrogen-bond acceptors (Lipinski definition) is 4. The summed E-state index contributed by atoms with van der Waals surface area (Å²) in [5, 5.41) is 3.58. The normalized spacial score (nSPS) is 12.0. The fourth-order valence-corrected chi connectivity index (χ4v) is 4.20. The Balaban J connectivity index is 1.65. The summed E-state index contributed by atoms with van der Waals surface area (Å²) in [5.74, 6) is 1.26. The molecule has 2 aromatic carbocycles. The minimum Gasteiger partial charge on any atom is -0.426 e. The lowest BCUT2D eigenvalue weighted by Gasteiger charge is -2.14. The molecule has 1 N–H and O–H groups in total. The zero-order valence-electron chi connectivity index (χ0n) is 20.3. The molecule has 1 unspecified atom stereocenters. The van der Waals surface area contributed by atoms with Crippen molar-refractivity contribution in [2.45, 2.75) is 53.0 Å². The van der Waals surface area contributed by atoms with E-state index in [9.17, 15) is 4.79 Å². The third-order valence-electron chi connectivity index (χ3n) is 6.21. The summed E-state index contributed by atoms with van der Waals surface area (Å²) in [7, 11) is 0. The predicted octanol–water partition coefficient (Wildman–Crippen LogP) is 7.04. The fraction of sp³-hybridized carbons (Fsp3) is 0.310. The molecule has 0 aliphatic carbocycles. The molecule has 4 rings (SSSR count). The van der Waals surface area contributed by atoms with Crippen molar-refractivity contribution in [3.63, 3.8) is 0 Å². The molecule has 5 heteroatoms. The number of ether oxygens (including phenoxy) is 1. The second kappa shape index (κ2) is 11.0. The second-order valence-electron chi connectivity index (χ2n) is 8.73. The Morgan fingerprint density at radius 2 is 1.88 bits per heavy atom. The maximum absolute atomic E-state index is 12.8. The van der Waals surface area contributed by atoms with E-state index in [0.29, 0.717) is 12.3 Å². The van der Waals surface area contributed by atoms with Gasteiger partial charge in [-0.2, -0.15) is 0 Å². The molecular formula is C29H33N3O2. The molecule has 2 aromatic heterocycles. The maximum atomic E-state index is 12.8. The van der Waals surface area contributed by atoms with Crippen LogP contribution in [0.2, 0.25) is 0 Å². The summed E-state index contributed by atoms with van der Waals surface area (Å²) in [6.45, 7) is 6.93. The van der Waals surface area contributed by atoms with Crippen LogP contribution in [-0.2, 0) is 11.3 Å². The summed E-state index contributed by atoms with van der Waals surface area (Å²) in [6, 6.07) is 22.1. The first-order valence-corrected chi connectivity index (χ1v) is 12.2. The van der Waals surface area contributed by atoms with E-state index in [1.165, 1.54) is 5.56 Å². The van der Waals surface area contributed by atoms with Gasteiger partial charge >= 0.3 is 5.97 Å². The van der Waals surface area contributed by atoms with Crippen LogP contribution in [0.1, 0.15) is 50.7 Å². The molecule has 5 nitrogen and oxygen atoms in total. The van der Waals surface area contributed by atoms with E-state index in [4.69, 9.17) is 9.72 Å². The smallest absolute Gasteiger partial charge is 0.314 e. The monoisotopic (exact) mass is 455 g/mol. The Morgan fingerprint density at radius 1 is 1.06 bits per heavy atom. The van der Waals surface area contributed by atoms with E-state index in [1.807, 2.05) is 61.7 Å². The topological polar surface area (TPSA) is 55.6 Å². The maximum Gasteiger partial charge on any atom is 0.314 e. The van der Waals surface area contributed by atoms with Crippen molar-refractivity contribution in [3.05, 3.63) is 84.1 Å². The summed E-state index contributed by atoms with van der Waals surface area (Å²) in [4.78, 5) is 17.7. The predicted molar refractivity (Wildman–Crippen MR) is 138 cm³/mol. The standard InChI is InChI=1S/C29H33N3O2/c1-4-6-15-23(5-2)29(33)34-25-17-10-16-24(19-25)26-28(30-20-22-13-8-7-9-14-22)32-18-11-12-21(3)27(32)31-26/h7-14,16-19,23,30H,4-6,15,20H2,1-3H3. The molecule has 0 saturated carbocycles. The van der Waals surface area contributed by atoms with E-state index in [0.717, 1.165) is 54.0 Å². The molecule has 0 bridgehead atoms. The largest absolute Gasteiger partial charge is 0.426 e. The number of hydrogen-bond donors (Lipinski definition) is 1. The Bertz CT molecular complexity index is 1250. The molecule has 0 aliphatic heterocycles. The number of imidazole rings is 1. The van der Waals surface area contributed by atoms with E-state index in [-0.39, 0.29) is 11.9 Å². The molecule has 176 valence electrons. The summed E-state index contributed by atoms with van der Waals surface area (Å²) < 4.78 is 7.89. The van der Waals surface area contributed by atoms with E-state index in [2.05, 4.69) is 41.8 Å². The van der Waals surface area contributed by atoms with Gasteiger partial charge in [0.2, 0.25) is 0 Å². The van der Waals surface area contributed by atoms with E-state index in [1.54, 1.807) is 0 Å². The van der Waals surface area contributed by atoms with Crippen molar-refractivity contribution in [1.29, 1.82) is 0 Å². The Labute approximate surface area is 201 Å². The van der Waals surface area contributed by atoms with Gasteiger partial charge in [0.15, 0.2) is 0 Å². The number of aryl methyl sites for hydroxylation is 1. The van der Waals surface area contributed by atoms with Crippen LogP contribution in [0.5, 0.6) is 5.75 Å². The molecule has 0 spiro atoms. The molecule has 4 aromatic rings. The molecular weight excluding hydrogens is 422 g/mol. The minimum atomic E-state index is -0.152. The van der Waals surface area contributed by atoms with Crippen LogP contribution in [0, 0.1) is 12.8 Å². The number of carbonyl (C=O) groups is 1. The van der Waals surface area contributed by atoms with Crippen LogP contribution in [-0.4, -0.2) is 15.4 Å². The summed E-state index contributed by atoms with van der Waals surface area (Å²) in [6.07, 6.45) is 5.79. The Morgan fingerprint density at radius 3 is 2.65 bits per heavy atom. The first-order valence-electron chi connectivity index (χ1n) is 12.2. The number of unbranched alkanes of at least 4 members (excludes halogenated alkanes) is 1. The van der Waals surface area contributed by atoms with Gasteiger partial charge in [0.05, 0.1) is 5.92 Å². The average Bonchev–Trinajstić information content (AvgIpc) is 3.24. The number of esters is 1. The quantitative estimate of drug-likeness (QED) is 0.206. The van der Waals surface area contributed by atoms with Crippen LogP contribution in [0.3, 0.4) is 0 Å². The zero-order valence-corrected chi connectivity index (χ0v) is 20.3. The number of benzene rings is 2. The second-order valence-corrected chi connectivity index (χ2v) is 8.73. The lowest BCUT2D eigenvalue weighted by molar-refractivity contribution is -0.139. The van der Waals surface area contributed by atoms with Gasteiger partial charge in [-0.05, 0) is 49.1 Å². The molecule has 0 saturated heterocycles. The molecule has 0 aliphatic rings. The average molecular weight is 456 g/mol. The molecule has 0 amide bonds. The zero-order chi connectivity index (χ0) is 23.9. The molecule has 1 atom stereocenters. The molecule has 0 fully saturated rings. The number of rotatable bonds is 10. The number of carbonyl (C=O) groups excluding carboxylic acids is 1. The highest BCUT2D eigenvalue weighted by atomic mass is 16.5. The van der Waals surface area contributed by atoms with Crippen molar-refractivity contribution in [3.8, 4) is 17.0 Å². The Kier molecular flexibility index (Phi) is 7.63. The van der Waals surface area contributed by atoms with E-state index >= 15 is 0 Å². The highest BCUT2D eigenvalue weighted by Crippen LogP contribution is 2.32. The van der Waals surface area contributed by atoms with Crippen molar-refractivity contribution in [2.24, 2.45) is 5.92 Å². The van der Waals surface area contributed by atoms with Crippen LogP contribution >= 0.6 is 0 Å². The third kappa shape index (κ3) is 5.30.